The van der Waals surface area contributed by atoms with Crippen LogP contribution in [0.1, 0.15) is 17.5 Å². The molecule has 1 amide bonds. The predicted octanol–water partition coefficient (Wildman–Crippen LogP) is 2.73. The molecule has 0 unspecified atom stereocenters. The molecule has 3 N–H and O–H groups in total. The van der Waals surface area contributed by atoms with Gasteiger partial charge in [0.15, 0.2) is 0 Å². The highest BCUT2D eigenvalue weighted by Crippen LogP contribution is 2.14. The molecule has 0 fully saturated rings. The molecule has 110 valence electrons. The number of carbonyl (C=O) groups is 1. The topological polar surface area (TPSA) is 64.3 Å². The minimum Gasteiger partial charge on any atom is -0.497 e. The molecule has 2 aromatic carbocycles. The number of methoxy groups -OCH3 is 1. The SMILES string of the molecule is COc1ccc(CCC(=O)Nc2cccc(CN)c2)cc1. The number of nitrogens with one attached hydrogen (secondary N) is 1. The fraction of sp³-hybridized carbons (Fsp3) is 0.235. The van der Waals surface area contributed by atoms with Crippen LogP contribution in [0.4, 0.5) is 5.69 Å². The molecular formula is C17H20N2O2. The first-order valence-corrected chi connectivity index (χ1v) is 6.93. The van der Waals surface area contributed by atoms with E-state index in [1.807, 2.05) is 48.5 Å². The van der Waals surface area contributed by atoms with Crippen molar-refractivity contribution in [3.63, 3.8) is 0 Å². The van der Waals surface area contributed by atoms with Gasteiger partial charge in [0.1, 0.15) is 5.75 Å². The Morgan fingerprint density at radius 1 is 1.14 bits per heavy atom. The maximum Gasteiger partial charge on any atom is 0.224 e. The Hall–Kier alpha value is -2.33. The van der Waals surface area contributed by atoms with Crippen molar-refractivity contribution in [2.24, 2.45) is 5.73 Å². The quantitative estimate of drug-likeness (QED) is 0.857. The molecule has 2 rings (SSSR count). The van der Waals surface area contributed by atoms with Crippen molar-refractivity contribution in [2.75, 3.05) is 12.4 Å². The Morgan fingerprint density at radius 2 is 1.90 bits per heavy atom. The molecule has 0 aromatic heterocycles. The number of hydrogen-bond acceptors (Lipinski definition) is 3. The number of aryl methyl sites for hydroxylation is 1. The predicted molar refractivity (Wildman–Crippen MR) is 84.3 cm³/mol. The van der Waals surface area contributed by atoms with Gasteiger partial charge in [0.2, 0.25) is 5.91 Å². The molecule has 4 nitrogen and oxygen atoms in total. The Bertz CT molecular complexity index is 594. The first-order chi connectivity index (χ1) is 10.2. The van der Waals surface area contributed by atoms with Crippen LogP contribution in [-0.4, -0.2) is 13.0 Å². The lowest BCUT2D eigenvalue weighted by Crippen LogP contribution is -2.12. The summed E-state index contributed by atoms with van der Waals surface area (Å²) >= 11 is 0. The van der Waals surface area contributed by atoms with Gasteiger partial charge < -0.3 is 15.8 Å². The van der Waals surface area contributed by atoms with Gasteiger partial charge in [-0.25, -0.2) is 0 Å². The van der Waals surface area contributed by atoms with E-state index in [2.05, 4.69) is 5.32 Å². The third-order valence-electron chi connectivity index (χ3n) is 3.25. The number of amides is 1. The van der Waals surface area contributed by atoms with Crippen LogP contribution in [-0.2, 0) is 17.8 Å². The van der Waals surface area contributed by atoms with Crippen LogP contribution in [0.25, 0.3) is 0 Å². The largest absolute Gasteiger partial charge is 0.497 e. The summed E-state index contributed by atoms with van der Waals surface area (Å²) in [5, 5.41) is 2.89. The molecule has 0 aliphatic rings. The van der Waals surface area contributed by atoms with Gasteiger partial charge in [-0.15, -0.1) is 0 Å². The van der Waals surface area contributed by atoms with Gasteiger partial charge >= 0.3 is 0 Å². The molecule has 0 aliphatic heterocycles. The third kappa shape index (κ3) is 4.61. The average molecular weight is 284 g/mol. The number of benzene rings is 2. The molecular weight excluding hydrogens is 264 g/mol. The average Bonchev–Trinajstić information content (AvgIpc) is 2.53. The van der Waals surface area contributed by atoms with E-state index in [9.17, 15) is 4.79 Å². The molecule has 0 saturated heterocycles. The van der Waals surface area contributed by atoms with Crippen molar-refractivity contribution in [1.82, 2.24) is 0 Å². The van der Waals surface area contributed by atoms with Crippen molar-refractivity contribution >= 4 is 11.6 Å². The maximum atomic E-state index is 11.9. The van der Waals surface area contributed by atoms with Crippen molar-refractivity contribution < 1.29 is 9.53 Å². The van der Waals surface area contributed by atoms with Crippen molar-refractivity contribution in [3.8, 4) is 5.75 Å². The molecule has 21 heavy (non-hydrogen) atoms. The first-order valence-electron chi connectivity index (χ1n) is 6.93. The van der Waals surface area contributed by atoms with E-state index < -0.39 is 0 Å². The van der Waals surface area contributed by atoms with Gasteiger partial charge in [-0.1, -0.05) is 24.3 Å². The van der Waals surface area contributed by atoms with Gasteiger partial charge in [0.25, 0.3) is 0 Å². The zero-order chi connectivity index (χ0) is 15.1. The summed E-state index contributed by atoms with van der Waals surface area (Å²) < 4.78 is 5.11. The van der Waals surface area contributed by atoms with E-state index in [4.69, 9.17) is 10.5 Å². The lowest BCUT2D eigenvalue weighted by Gasteiger charge is -2.07. The number of anilines is 1. The molecule has 0 saturated carbocycles. The molecule has 0 aliphatic carbocycles. The zero-order valence-electron chi connectivity index (χ0n) is 12.1. The number of ether oxygens (including phenoxy) is 1. The van der Waals surface area contributed by atoms with Gasteiger partial charge in [0, 0.05) is 18.7 Å². The standard InChI is InChI=1S/C17H20N2O2/c1-21-16-8-5-13(6-9-16)7-10-17(20)19-15-4-2-3-14(11-15)12-18/h2-6,8-9,11H,7,10,12,18H2,1H3,(H,19,20). The molecule has 0 bridgehead atoms. The Balaban J connectivity index is 1.86. The Labute approximate surface area is 124 Å². The van der Waals surface area contributed by atoms with Crippen LogP contribution >= 0.6 is 0 Å². The van der Waals surface area contributed by atoms with Crippen LogP contribution in [0.15, 0.2) is 48.5 Å². The summed E-state index contributed by atoms with van der Waals surface area (Å²) in [5.74, 6) is 0.821. The van der Waals surface area contributed by atoms with Crippen LogP contribution in [0, 0.1) is 0 Å². The number of carbonyl (C=O) groups excluding carboxylic acids is 1. The normalized spacial score (nSPS) is 10.2. The minimum atomic E-state index is -0.00000974. The second-order valence-corrected chi connectivity index (χ2v) is 4.80. The number of nitrogens with two attached hydrogens (primary N) is 1. The summed E-state index contributed by atoms with van der Waals surface area (Å²) in [6, 6.07) is 15.3. The van der Waals surface area contributed by atoms with E-state index in [0.717, 1.165) is 22.6 Å². The second kappa shape index (κ2) is 7.45. The smallest absolute Gasteiger partial charge is 0.224 e. The van der Waals surface area contributed by atoms with E-state index >= 15 is 0 Å². The molecule has 2 aromatic rings. The van der Waals surface area contributed by atoms with E-state index in [1.54, 1.807) is 7.11 Å². The zero-order valence-corrected chi connectivity index (χ0v) is 12.1. The molecule has 4 heteroatoms. The van der Waals surface area contributed by atoms with Crippen molar-refractivity contribution in [2.45, 2.75) is 19.4 Å². The highest BCUT2D eigenvalue weighted by Gasteiger charge is 2.04. The lowest BCUT2D eigenvalue weighted by atomic mass is 10.1. The van der Waals surface area contributed by atoms with E-state index in [0.29, 0.717) is 19.4 Å². The highest BCUT2D eigenvalue weighted by molar-refractivity contribution is 5.90. The molecule has 0 spiro atoms. The summed E-state index contributed by atoms with van der Waals surface area (Å²) in [4.78, 5) is 11.9. The van der Waals surface area contributed by atoms with E-state index in [-0.39, 0.29) is 5.91 Å². The first kappa shape index (κ1) is 15.1. The van der Waals surface area contributed by atoms with Crippen molar-refractivity contribution in [3.05, 3.63) is 59.7 Å². The summed E-state index contributed by atoms with van der Waals surface area (Å²) in [6.07, 6.45) is 1.14. The fourth-order valence-corrected chi connectivity index (χ4v) is 2.05. The van der Waals surface area contributed by atoms with Crippen LogP contribution in [0.3, 0.4) is 0 Å². The van der Waals surface area contributed by atoms with Crippen LogP contribution < -0.4 is 15.8 Å². The maximum absolute atomic E-state index is 11.9. The molecule has 0 radical (unpaired) electrons. The van der Waals surface area contributed by atoms with Gasteiger partial charge in [-0.05, 0) is 41.8 Å². The van der Waals surface area contributed by atoms with Gasteiger partial charge in [-0.3, -0.25) is 4.79 Å². The minimum absolute atomic E-state index is 0.00000974. The van der Waals surface area contributed by atoms with Gasteiger partial charge in [-0.2, -0.15) is 0 Å². The molecule has 0 heterocycles. The summed E-state index contributed by atoms with van der Waals surface area (Å²) in [5.41, 5.74) is 8.49. The summed E-state index contributed by atoms with van der Waals surface area (Å²) in [6.45, 7) is 0.468. The van der Waals surface area contributed by atoms with Gasteiger partial charge in [0.05, 0.1) is 7.11 Å². The van der Waals surface area contributed by atoms with Crippen LogP contribution in [0.5, 0.6) is 5.75 Å². The monoisotopic (exact) mass is 284 g/mol. The number of rotatable bonds is 6. The number of hydrogen-bond donors (Lipinski definition) is 2. The molecule has 0 atom stereocenters. The van der Waals surface area contributed by atoms with Crippen molar-refractivity contribution in [1.29, 1.82) is 0 Å². The Morgan fingerprint density at radius 3 is 2.57 bits per heavy atom. The summed E-state index contributed by atoms with van der Waals surface area (Å²) in [7, 11) is 1.64. The fourth-order valence-electron chi connectivity index (χ4n) is 2.05. The van der Waals surface area contributed by atoms with E-state index in [1.165, 1.54) is 0 Å². The highest BCUT2D eigenvalue weighted by atomic mass is 16.5. The third-order valence-corrected chi connectivity index (χ3v) is 3.25. The Kier molecular flexibility index (Phi) is 5.35. The lowest BCUT2D eigenvalue weighted by molar-refractivity contribution is -0.116. The van der Waals surface area contributed by atoms with Crippen LogP contribution in [0.2, 0.25) is 0 Å². The second-order valence-electron chi connectivity index (χ2n) is 4.80.